The van der Waals surface area contributed by atoms with E-state index in [9.17, 15) is 0 Å². The lowest BCUT2D eigenvalue weighted by Crippen LogP contribution is -2.41. The molecule has 0 saturated carbocycles. The third kappa shape index (κ3) is 5.59. The molecule has 32 heavy (non-hydrogen) atoms. The largest absolute Gasteiger partial charge is 0.497 e. The minimum atomic E-state index is 0.352. The van der Waals surface area contributed by atoms with E-state index in [0.717, 1.165) is 82.3 Å². The summed E-state index contributed by atoms with van der Waals surface area (Å²) in [4.78, 5) is 11.8. The van der Waals surface area contributed by atoms with E-state index in [4.69, 9.17) is 19.0 Å². The van der Waals surface area contributed by atoms with E-state index in [0.29, 0.717) is 17.1 Å². The van der Waals surface area contributed by atoms with Gasteiger partial charge in [0, 0.05) is 50.2 Å². The molecule has 1 aromatic carbocycles. The van der Waals surface area contributed by atoms with Crippen molar-refractivity contribution in [2.24, 2.45) is 10.4 Å². The number of unbranched alkanes of at least 4 members (excludes halogenated alkanes) is 2. The van der Waals surface area contributed by atoms with Crippen LogP contribution < -0.4 is 10.1 Å². The Bertz CT molecular complexity index is 874. The first-order valence-electron chi connectivity index (χ1n) is 11.8. The van der Waals surface area contributed by atoms with Crippen molar-refractivity contribution < 1.29 is 14.0 Å². The van der Waals surface area contributed by atoms with E-state index >= 15 is 0 Å². The number of aliphatic imine (C=N–C) groups is 1. The Balaban J connectivity index is 1.19. The minimum absolute atomic E-state index is 0.352. The third-order valence-corrected chi connectivity index (χ3v) is 6.38. The smallest absolute Gasteiger partial charge is 0.226 e. The van der Waals surface area contributed by atoms with Gasteiger partial charge < -0.3 is 24.2 Å². The molecule has 3 heterocycles. The molecule has 8 heteroatoms. The monoisotopic (exact) mass is 441 g/mol. The fourth-order valence-electron chi connectivity index (χ4n) is 4.48. The zero-order valence-electron chi connectivity index (χ0n) is 19.3. The topological polar surface area (TPSA) is 85.0 Å². The summed E-state index contributed by atoms with van der Waals surface area (Å²) in [6, 6.07) is 7.68. The Morgan fingerprint density at radius 1 is 1.22 bits per heavy atom. The second-order valence-corrected chi connectivity index (χ2v) is 8.76. The summed E-state index contributed by atoms with van der Waals surface area (Å²) in [5.74, 6) is 3.18. The summed E-state index contributed by atoms with van der Waals surface area (Å²) < 4.78 is 16.3. The van der Waals surface area contributed by atoms with Crippen LogP contribution in [-0.4, -0.2) is 67.5 Å². The number of hydrogen-bond donors (Lipinski definition) is 1. The van der Waals surface area contributed by atoms with Crippen LogP contribution in [0.4, 0.5) is 0 Å². The quantitative estimate of drug-likeness (QED) is 0.362. The van der Waals surface area contributed by atoms with Gasteiger partial charge in [0.15, 0.2) is 5.96 Å². The normalized spacial score (nSPS) is 20.9. The van der Waals surface area contributed by atoms with Crippen LogP contribution in [0.15, 0.2) is 33.8 Å². The molecule has 1 spiro atoms. The number of hydrogen-bond acceptors (Lipinski definition) is 6. The molecule has 1 unspecified atom stereocenters. The van der Waals surface area contributed by atoms with Crippen molar-refractivity contribution >= 4 is 5.96 Å². The highest BCUT2D eigenvalue weighted by Crippen LogP contribution is 2.38. The number of aromatic nitrogens is 2. The predicted octanol–water partition coefficient (Wildman–Crippen LogP) is 3.54. The van der Waals surface area contributed by atoms with Gasteiger partial charge in [0.2, 0.25) is 11.7 Å². The first-order valence-corrected chi connectivity index (χ1v) is 11.8. The van der Waals surface area contributed by atoms with Crippen LogP contribution in [0.2, 0.25) is 0 Å². The standard InChI is InChI=1S/C24H35N5O3/c1-3-25-23(29-15-12-24(17-29)13-16-31-18-24)26-14-6-4-5-7-21-27-22(28-32-21)19-8-10-20(30-2)11-9-19/h8-11H,3-7,12-18H2,1-2H3,(H,25,26). The van der Waals surface area contributed by atoms with Gasteiger partial charge in [-0.15, -0.1) is 0 Å². The van der Waals surface area contributed by atoms with Gasteiger partial charge in [-0.25, -0.2) is 0 Å². The van der Waals surface area contributed by atoms with Crippen molar-refractivity contribution in [2.75, 3.05) is 46.5 Å². The van der Waals surface area contributed by atoms with Gasteiger partial charge in [0.05, 0.1) is 13.7 Å². The summed E-state index contributed by atoms with van der Waals surface area (Å²) >= 11 is 0. The Morgan fingerprint density at radius 2 is 2.09 bits per heavy atom. The molecule has 0 bridgehead atoms. The third-order valence-electron chi connectivity index (χ3n) is 6.38. The molecule has 2 saturated heterocycles. The van der Waals surface area contributed by atoms with Gasteiger partial charge in [-0.1, -0.05) is 11.6 Å². The highest BCUT2D eigenvalue weighted by Gasteiger charge is 2.42. The zero-order chi connectivity index (χ0) is 22.2. The van der Waals surface area contributed by atoms with E-state index < -0.39 is 0 Å². The number of guanidine groups is 1. The van der Waals surface area contributed by atoms with Crippen molar-refractivity contribution in [3.63, 3.8) is 0 Å². The SMILES string of the molecule is CCNC(=NCCCCCc1nc(-c2ccc(OC)cc2)no1)N1CCC2(CCOC2)C1. The Hall–Kier alpha value is -2.61. The number of methoxy groups -OCH3 is 1. The van der Waals surface area contributed by atoms with Crippen molar-refractivity contribution in [3.8, 4) is 17.1 Å². The summed E-state index contributed by atoms with van der Waals surface area (Å²) in [7, 11) is 1.65. The molecule has 2 fully saturated rings. The molecule has 174 valence electrons. The van der Waals surface area contributed by atoms with Crippen molar-refractivity contribution in [3.05, 3.63) is 30.2 Å². The lowest BCUT2D eigenvalue weighted by Gasteiger charge is -2.25. The molecule has 2 aromatic rings. The van der Waals surface area contributed by atoms with E-state index in [-0.39, 0.29) is 0 Å². The second-order valence-electron chi connectivity index (χ2n) is 8.76. The highest BCUT2D eigenvalue weighted by molar-refractivity contribution is 5.80. The molecule has 1 N–H and O–H groups in total. The molecule has 1 aromatic heterocycles. The molecule has 0 amide bonds. The van der Waals surface area contributed by atoms with Crippen LogP contribution in [0, 0.1) is 5.41 Å². The number of nitrogens with zero attached hydrogens (tertiary/aromatic N) is 4. The average Bonchev–Trinajstić information content (AvgIpc) is 3.58. The maximum atomic E-state index is 5.66. The summed E-state index contributed by atoms with van der Waals surface area (Å²) in [5, 5.41) is 7.57. The Labute approximate surface area is 190 Å². The molecule has 0 radical (unpaired) electrons. The first-order chi connectivity index (χ1) is 15.7. The number of nitrogens with one attached hydrogen (secondary N) is 1. The number of likely N-dealkylation sites (tertiary alicyclic amines) is 1. The zero-order valence-corrected chi connectivity index (χ0v) is 19.3. The molecular weight excluding hydrogens is 406 g/mol. The molecular formula is C24H35N5O3. The maximum Gasteiger partial charge on any atom is 0.226 e. The first kappa shape index (κ1) is 22.6. The predicted molar refractivity (Wildman–Crippen MR) is 124 cm³/mol. The van der Waals surface area contributed by atoms with Crippen LogP contribution in [0.1, 0.15) is 44.9 Å². The van der Waals surface area contributed by atoms with Crippen molar-refractivity contribution in [2.45, 2.75) is 45.4 Å². The summed E-state index contributed by atoms with van der Waals surface area (Å²) in [6.07, 6.45) is 6.33. The van der Waals surface area contributed by atoms with E-state index in [1.165, 1.54) is 12.8 Å². The molecule has 4 rings (SSSR count). The summed E-state index contributed by atoms with van der Waals surface area (Å²) in [5.41, 5.74) is 1.28. The van der Waals surface area contributed by atoms with Gasteiger partial charge in [0.1, 0.15) is 5.75 Å². The van der Waals surface area contributed by atoms with E-state index in [1.807, 2.05) is 24.3 Å². The molecule has 0 aliphatic carbocycles. The van der Waals surface area contributed by atoms with Crippen molar-refractivity contribution in [1.29, 1.82) is 0 Å². The fourth-order valence-corrected chi connectivity index (χ4v) is 4.48. The second kappa shape index (κ2) is 10.8. The lowest BCUT2D eigenvalue weighted by molar-refractivity contribution is 0.156. The van der Waals surface area contributed by atoms with Gasteiger partial charge in [-0.2, -0.15) is 4.98 Å². The number of ether oxygens (including phenoxy) is 2. The van der Waals surface area contributed by atoms with Crippen LogP contribution in [-0.2, 0) is 11.2 Å². The average molecular weight is 442 g/mol. The van der Waals surface area contributed by atoms with Crippen LogP contribution in [0.3, 0.4) is 0 Å². The summed E-state index contributed by atoms with van der Waals surface area (Å²) in [6.45, 7) is 7.80. The molecule has 8 nitrogen and oxygen atoms in total. The van der Waals surface area contributed by atoms with Crippen LogP contribution in [0.25, 0.3) is 11.4 Å². The minimum Gasteiger partial charge on any atom is -0.497 e. The van der Waals surface area contributed by atoms with Gasteiger partial charge >= 0.3 is 0 Å². The van der Waals surface area contributed by atoms with Gasteiger partial charge in [-0.05, 0) is 56.9 Å². The number of aryl methyl sites for hydroxylation is 1. The van der Waals surface area contributed by atoms with Crippen LogP contribution >= 0.6 is 0 Å². The fraction of sp³-hybridized carbons (Fsp3) is 0.625. The lowest BCUT2D eigenvalue weighted by atomic mass is 9.87. The van der Waals surface area contributed by atoms with E-state index in [2.05, 4.69) is 27.3 Å². The Kier molecular flexibility index (Phi) is 7.63. The van der Waals surface area contributed by atoms with E-state index in [1.54, 1.807) is 7.11 Å². The Morgan fingerprint density at radius 3 is 2.84 bits per heavy atom. The van der Waals surface area contributed by atoms with Crippen LogP contribution in [0.5, 0.6) is 5.75 Å². The highest BCUT2D eigenvalue weighted by atomic mass is 16.5. The number of rotatable bonds is 9. The van der Waals surface area contributed by atoms with Crippen molar-refractivity contribution in [1.82, 2.24) is 20.4 Å². The maximum absolute atomic E-state index is 5.66. The number of benzene rings is 1. The molecule has 1 atom stereocenters. The van der Waals surface area contributed by atoms with Gasteiger partial charge in [-0.3, -0.25) is 4.99 Å². The molecule has 2 aliphatic rings. The van der Waals surface area contributed by atoms with Gasteiger partial charge in [0.25, 0.3) is 0 Å². The molecule has 2 aliphatic heterocycles.